The smallest absolute Gasteiger partial charge is 0.410 e. The van der Waals surface area contributed by atoms with Gasteiger partial charge in [0.05, 0.1) is 0 Å². The van der Waals surface area contributed by atoms with Crippen molar-refractivity contribution in [2.75, 3.05) is 26.2 Å². The molecule has 126 valence electrons. The number of hydrogen-bond donors (Lipinski definition) is 0. The Bertz CT molecular complexity index is 608. The van der Waals surface area contributed by atoms with Crippen LogP contribution in [-0.2, 0) is 4.74 Å². The number of nitrogens with zero attached hydrogens (tertiary/aromatic N) is 2. The molecule has 0 aliphatic carbocycles. The fourth-order valence-corrected chi connectivity index (χ4v) is 3.37. The summed E-state index contributed by atoms with van der Waals surface area (Å²) in [6.45, 7) is 8.08. The van der Waals surface area contributed by atoms with Gasteiger partial charge in [0.25, 0.3) is 5.91 Å². The van der Waals surface area contributed by atoms with Crippen molar-refractivity contribution in [3.8, 4) is 0 Å². The quantitative estimate of drug-likeness (QED) is 0.788. The van der Waals surface area contributed by atoms with Gasteiger partial charge in [-0.05, 0) is 44.5 Å². The van der Waals surface area contributed by atoms with Crippen molar-refractivity contribution >= 4 is 23.6 Å². The number of halogens is 1. The van der Waals surface area contributed by atoms with E-state index in [1.54, 1.807) is 21.9 Å². The van der Waals surface area contributed by atoms with Crippen LogP contribution in [0.2, 0.25) is 5.22 Å². The minimum Gasteiger partial charge on any atom is -0.444 e. The van der Waals surface area contributed by atoms with Crippen molar-refractivity contribution in [3.05, 3.63) is 23.1 Å². The molecular weight excluding hydrogens is 320 g/mol. The number of likely N-dealkylation sites (tertiary alicyclic amines) is 2. The summed E-state index contributed by atoms with van der Waals surface area (Å²) in [6, 6.07) is 3.15. The van der Waals surface area contributed by atoms with Crippen molar-refractivity contribution in [2.45, 2.75) is 26.4 Å². The molecule has 7 heteroatoms. The minimum absolute atomic E-state index is 0.143. The van der Waals surface area contributed by atoms with E-state index in [-0.39, 0.29) is 34.8 Å². The van der Waals surface area contributed by atoms with Gasteiger partial charge in [-0.3, -0.25) is 4.79 Å². The summed E-state index contributed by atoms with van der Waals surface area (Å²) in [5, 5.41) is 0.212. The number of furan rings is 1. The Balaban J connectivity index is 1.57. The topological polar surface area (TPSA) is 63.0 Å². The lowest BCUT2D eigenvalue weighted by molar-refractivity contribution is 0.0275. The fourth-order valence-electron chi connectivity index (χ4n) is 3.22. The summed E-state index contributed by atoms with van der Waals surface area (Å²) < 4.78 is 10.6. The van der Waals surface area contributed by atoms with Gasteiger partial charge >= 0.3 is 6.09 Å². The molecule has 3 rings (SSSR count). The van der Waals surface area contributed by atoms with E-state index in [4.69, 9.17) is 20.8 Å². The van der Waals surface area contributed by atoms with Gasteiger partial charge in [-0.2, -0.15) is 0 Å². The van der Waals surface area contributed by atoms with Gasteiger partial charge in [0.1, 0.15) is 5.60 Å². The zero-order valence-corrected chi connectivity index (χ0v) is 14.3. The number of carbonyl (C=O) groups excluding carboxylic acids is 2. The Kier molecular flexibility index (Phi) is 4.04. The van der Waals surface area contributed by atoms with Crippen LogP contribution in [0.1, 0.15) is 31.3 Å². The lowest BCUT2D eigenvalue weighted by atomic mass is 10.0. The second kappa shape index (κ2) is 5.74. The number of ether oxygens (including phenoxy) is 1. The van der Waals surface area contributed by atoms with E-state index < -0.39 is 5.60 Å². The number of amides is 2. The van der Waals surface area contributed by atoms with E-state index in [0.717, 1.165) is 0 Å². The van der Waals surface area contributed by atoms with E-state index in [0.29, 0.717) is 26.2 Å². The van der Waals surface area contributed by atoms with E-state index in [1.807, 2.05) is 20.8 Å². The van der Waals surface area contributed by atoms with Crippen molar-refractivity contribution in [1.82, 2.24) is 9.80 Å². The third-order valence-corrected chi connectivity index (χ3v) is 4.41. The number of fused-ring (bicyclic) bond motifs is 1. The summed E-state index contributed by atoms with van der Waals surface area (Å²) in [7, 11) is 0. The van der Waals surface area contributed by atoms with Crippen LogP contribution in [0.5, 0.6) is 0 Å². The normalized spacial score (nSPS) is 24.0. The van der Waals surface area contributed by atoms with Crippen LogP contribution in [0.25, 0.3) is 0 Å². The molecule has 3 heterocycles. The molecule has 0 saturated carbocycles. The Morgan fingerprint density at radius 3 is 2.17 bits per heavy atom. The van der Waals surface area contributed by atoms with Gasteiger partial charge < -0.3 is 19.0 Å². The molecule has 0 N–H and O–H groups in total. The molecule has 2 amide bonds. The number of rotatable bonds is 1. The molecule has 2 fully saturated rings. The van der Waals surface area contributed by atoms with Crippen LogP contribution in [0.15, 0.2) is 16.5 Å². The summed E-state index contributed by atoms with van der Waals surface area (Å²) in [5.74, 6) is 0.697. The standard InChI is InChI=1S/C16H21ClN2O4/c1-16(2,3)23-15(21)19-8-10-6-18(7-11(10)9-19)14(20)12-4-5-13(17)22-12/h4-5,10-11H,6-9H2,1-3H3. The van der Waals surface area contributed by atoms with E-state index >= 15 is 0 Å². The molecule has 1 aromatic heterocycles. The van der Waals surface area contributed by atoms with Crippen molar-refractivity contribution in [2.24, 2.45) is 11.8 Å². The summed E-state index contributed by atoms with van der Waals surface area (Å²) in [6.07, 6.45) is -0.275. The highest BCUT2D eigenvalue weighted by Gasteiger charge is 2.44. The third-order valence-electron chi connectivity index (χ3n) is 4.21. The first-order chi connectivity index (χ1) is 10.7. The van der Waals surface area contributed by atoms with Crippen molar-refractivity contribution < 1.29 is 18.7 Å². The second-order valence-electron chi connectivity index (χ2n) is 7.22. The van der Waals surface area contributed by atoms with Crippen LogP contribution in [0.4, 0.5) is 4.79 Å². The van der Waals surface area contributed by atoms with Crippen LogP contribution in [0.3, 0.4) is 0 Å². The zero-order chi connectivity index (χ0) is 16.8. The van der Waals surface area contributed by atoms with Gasteiger partial charge in [-0.1, -0.05) is 0 Å². The molecule has 0 radical (unpaired) electrons. The Morgan fingerprint density at radius 1 is 1.13 bits per heavy atom. The van der Waals surface area contributed by atoms with Gasteiger partial charge in [0, 0.05) is 38.0 Å². The molecule has 1 aromatic rings. The zero-order valence-electron chi connectivity index (χ0n) is 13.5. The molecule has 2 unspecified atom stereocenters. The maximum atomic E-state index is 12.4. The monoisotopic (exact) mass is 340 g/mol. The van der Waals surface area contributed by atoms with Gasteiger partial charge in [-0.25, -0.2) is 4.79 Å². The fraction of sp³-hybridized carbons (Fsp3) is 0.625. The lowest BCUT2D eigenvalue weighted by Crippen LogP contribution is -2.38. The summed E-state index contributed by atoms with van der Waals surface area (Å²) in [4.78, 5) is 28.0. The molecule has 6 nitrogen and oxygen atoms in total. The second-order valence-corrected chi connectivity index (χ2v) is 7.59. The first kappa shape index (κ1) is 16.2. The number of carbonyl (C=O) groups is 2. The number of hydrogen-bond acceptors (Lipinski definition) is 4. The van der Waals surface area contributed by atoms with Crippen molar-refractivity contribution in [1.29, 1.82) is 0 Å². The molecular formula is C16H21ClN2O4. The highest BCUT2D eigenvalue weighted by molar-refractivity contribution is 6.29. The molecule has 2 saturated heterocycles. The van der Waals surface area contributed by atoms with Crippen molar-refractivity contribution in [3.63, 3.8) is 0 Å². The van der Waals surface area contributed by atoms with E-state index in [1.165, 1.54) is 0 Å². The maximum Gasteiger partial charge on any atom is 0.410 e. The summed E-state index contributed by atoms with van der Waals surface area (Å²) in [5.41, 5.74) is -0.491. The highest BCUT2D eigenvalue weighted by Crippen LogP contribution is 2.33. The predicted molar refractivity (Wildman–Crippen MR) is 84.4 cm³/mol. The molecule has 0 bridgehead atoms. The largest absolute Gasteiger partial charge is 0.444 e. The maximum absolute atomic E-state index is 12.4. The molecule has 0 spiro atoms. The van der Waals surface area contributed by atoms with Gasteiger partial charge in [0.15, 0.2) is 11.0 Å². The van der Waals surface area contributed by atoms with Gasteiger partial charge in [-0.15, -0.1) is 0 Å². The van der Waals surface area contributed by atoms with Crippen LogP contribution in [-0.4, -0.2) is 53.6 Å². The van der Waals surface area contributed by atoms with Gasteiger partial charge in [0.2, 0.25) is 0 Å². The molecule has 2 aliphatic heterocycles. The minimum atomic E-state index is -0.491. The molecule has 2 aliphatic rings. The Hall–Kier alpha value is -1.69. The SMILES string of the molecule is CC(C)(C)OC(=O)N1CC2CN(C(=O)c3ccc(Cl)o3)CC2C1. The molecule has 0 aromatic carbocycles. The summed E-state index contributed by atoms with van der Waals surface area (Å²) >= 11 is 5.72. The predicted octanol–water partition coefficient (Wildman–Crippen LogP) is 2.87. The lowest BCUT2D eigenvalue weighted by Gasteiger charge is -2.25. The van der Waals surface area contributed by atoms with Crippen LogP contribution in [0, 0.1) is 11.8 Å². The first-order valence-electron chi connectivity index (χ1n) is 7.75. The Labute approximate surface area is 140 Å². The molecule has 2 atom stereocenters. The first-order valence-corrected chi connectivity index (χ1v) is 8.13. The van der Waals surface area contributed by atoms with E-state index in [2.05, 4.69) is 0 Å². The Morgan fingerprint density at radius 2 is 1.70 bits per heavy atom. The third kappa shape index (κ3) is 3.47. The van der Waals surface area contributed by atoms with Crippen LogP contribution < -0.4 is 0 Å². The molecule has 23 heavy (non-hydrogen) atoms. The van der Waals surface area contributed by atoms with E-state index in [9.17, 15) is 9.59 Å². The average Bonchev–Trinajstić information content (AvgIpc) is 3.08. The highest BCUT2D eigenvalue weighted by atomic mass is 35.5. The van der Waals surface area contributed by atoms with Crippen LogP contribution >= 0.6 is 11.6 Å². The average molecular weight is 341 g/mol.